The van der Waals surface area contributed by atoms with E-state index in [-0.39, 0.29) is 17.0 Å². The number of halogens is 2. The highest BCUT2D eigenvalue weighted by Crippen LogP contribution is 2.52. The zero-order valence-corrected chi connectivity index (χ0v) is 16.3. The molecule has 0 bridgehead atoms. The number of fused-ring (bicyclic) bond motifs is 1. The Balaban J connectivity index is 1.77. The van der Waals surface area contributed by atoms with Gasteiger partial charge in [-0.15, -0.1) is 6.42 Å². The van der Waals surface area contributed by atoms with Gasteiger partial charge < -0.3 is 19.9 Å². The molecule has 1 aliphatic rings. The summed E-state index contributed by atoms with van der Waals surface area (Å²) in [5.41, 5.74) is 0.146. The number of aromatic nitrogens is 3. The average molecular weight is 416 g/mol. The molecule has 2 heterocycles. The Morgan fingerprint density at radius 3 is 2.79 bits per heavy atom. The summed E-state index contributed by atoms with van der Waals surface area (Å²) in [6, 6.07) is 4.96. The molecular weight excluding hydrogens is 397 g/mol. The summed E-state index contributed by atoms with van der Waals surface area (Å²) < 4.78 is 15.3. The van der Waals surface area contributed by atoms with Crippen LogP contribution in [-0.4, -0.2) is 42.1 Å². The third kappa shape index (κ3) is 2.92. The molecular formula is C21H19ClFN3O3. The van der Waals surface area contributed by atoms with Gasteiger partial charge in [-0.1, -0.05) is 23.6 Å². The van der Waals surface area contributed by atoms with Gasteiger partial charge >= 0.3 is 0 Å². The van der Waals surface area contributed by atoms with Gasteiger partial charge in [-0.05, 0) is 37.1 Å². The first-order valence-corrected chi connectivity index (χ1v) is 9.43. The van der Waals surface area contributed by atoms with E-state index >= 15 is 0 Å². The first kappa shape index (κ1) is 19.8. The molecule has 8 heteroatoms. The molecule has 5 atom stereocenters. The summed E-state index contributed by atoms with van der Waals surface area (Å²) in [5, 5.41) is 33.3. The van der Waals surface area contributed by atoms with Crippen molar-refractivity contribution in [1.82, 2.24) is 14.5 Å². The number of nitrogens with zero attached hydrogens (tertiary/aromatic N) is 3. The molecule has 6 nitrogen and oxygen atoms in total. The molecule has 1 unspecified atom stereocenters. The molecule has 29 heavy (non-hydrogen) atoms. The first-order chi connectivity index (χ1) is 13.8. The number of hydrogen-bond donors (Lipinski definition) is 3. The highest BCUT2D eigenvalue weighted by molar-refractivity contribution is 6.30. The fourth-order valence-electron chi connectivity index (χ4n) is 4.21. The molecule has 0 aliphatic heterocycles. The largest absolute Gasteiger partial charge is 0.389 e. The summed E-state index contributed by atoms with van der Waals surface area (Å²) in [6.07, 6.45) is 4.98. The number of terminal acetylenes is 1. The third-order valence-electron chi connectivity index (χ3n) is 5.87. The van der Waals surface area contributed by atoms with Crippen LogP contribution in [0.25, 0.3) is 11.0 Å². The van der Waals surface area contributed by atoms with E-state index in [0.717, 1.165) is 17.1 Å². The lowest BCUT2D eigenvalue weighted by atomic mass is 9.76. The molecule has 1 saturated carbocycles. The van der Waals surface area contributed by atoms with E-state index in [1.165, 1.54) is 18.5 Å². The van der Waals surface area contributed by atoms with Crippen molar-refractivity contribution >= 4 is 22.6 Å². The van der Waals surface area contributed by atoms with E-state index in [4.69, 9.17) is 18.0 Å². The van der Waals surface area contributed by atoms with E-state index in [0.29, 0.717) is 5.65 Å². The lowest BCUT2D eigenvalue weighted by Gasteiger charge is -2.33. The Labute approximate surface area is 171 Å². The number of aliphatic hydroxyl groups is 3. The van der Waals surface area contributed by atoms with Crippen LogP contribution in [0.2, 0.25) is 5.02 Å². The molecule has 2 aromatic heterocycles. The van der Waals surface area contributed by atoms with Gasteiger partial charge in [-0.25, -0.2) is 14.4 Å². The van der Waals surface area contributed by atoms with Crippen LogP contribution >= 0.6 is 11.6 Å². The van der Waals surface area contributed by atoms with E-state index in [2.05, 4.69) is 15.9 Å². The maximum atomic E-state index is 13.5. The monoisotopic (exact) mass is 415 g/mol. The molecule has 150 valence electrons. The maximum absolute atomic E-state index is 13.5. The van der Waals surface area contributed by atoms with Gasteiger partial charge in [0, 0.05) is 11.6 Å². The van der Waals surface area contributed by atoms with Crippen LogP contribution in [0.3, 0.4) is 0 Å². The molecule has 1 aliphatic carbocycles. The molecule has 3 aromatic rings. The molecule has 3 N–H and O–H groups in total. The summed E-state index contributed by atoms with van der Waals surface area (Å²) in [7, 11) is 0. The predicted molar refractivity (Wildman–Crippen MR) is 106 cm³/mol. The van der Waals surface area contributed by atoms with Crippen LogP contribution in [0.4, 0.5) is 4.39 Å². The number of aryl methyl sites for hydroxylation is 1. The van der Waals surface area contributed by atoms with Crippen LogP contribution < -0.4 is 0 Å². The third-order valence-corrected chi connectivity index (χ3v) is 6.16. The van der Waals surface area contributed by atoms with Gasteiger partial charge in [0.15, 0.2) is 0 Å². The molecule has 1 aromatic carbocycles. The van der Waals surface area contributed by atoms with Crippen molar-refractivity contribution < 1.29 is 19.7 Å². The van der Waals surface area contributed by atoms with Gasteiger partial charge in [-0.3, -0.25) is 0 Å². The smallest absolute Gasteiger partial charge is 0.143 e. The van der Waals surface area contributed by atoms with E-state index < -0.39 is 35.6 Å². The zero-order chi connectivity index (χ0) is 20.9. The van der Waals surface area contributed by atoms with Crippen molar-refractivity contribution in [3.63, 3.8) is 0 Å². The van der Waals surface area contributed by atoms with Crippen molar-refractivity contribution in [3.05, 3.63) is 58.9 Å². The average Bonchev–Trinajstić information content (AvgIpc) is 3.25. The second-order valence-electron chi connectivity index (χ2n) is 7.39. The number of hydrogen-bond acceptors (Lipinski definition) is 5. The van der Waals surface area contributed by atoms with Crippen LogP contribution in [0.15, 0.2) is 36.8 Å². The van der Waals surface area contributed by atoms with Gasteiger partial charge in [0.25, 0.3) is 0 Å². The standard InChI is InChI=1S/C21H19ClFN3O3/c1-3-21(18(28)12-4-5-15(23)14(22)8-12)9-16(17(27)19(21)29)26-7-6-13-11(2)24-10-25-20(13)26/h1,4-8,10,16-19,27-29H,9H2,2H3/t16-,17+,18?,19+,21-/m1/s1. The Kier molecular flexibility index (Phi) is 4.83. The minimum Gasteiger partial charge on any atom is -0.389 e. The Morgan fingerprint density at radius 2 is 2.10 bits per heavy atom. The van der Waals surface area contributed by atoms with Crippen LogP contribution in [0, 0.1) is 30.5 Å². The van der Waals surface area contributed by atoms with Crippen LogP contribution in [0.1, 0.15) is 29.8 Å². The second kappa shape index (κ2) is 7.08. The fourth-order valence-corrected chi connectivity index (χ4v) is 4.40. The number of rotatable bonds is 3. The Bertz CT molecular complexity index is 1130. The second-order valence-corrected chi connectivity index (χ2v) is 7.79. The molecule has 4 rings (SSSR count). The lowest BCUT2D eigenvalue weighted by molar-refractivity contribution is -0.0565. The highest BCUT2D eigenvalue weighted by atomic mass is 35.5. The molecule has 1 fully saturated rings. The molecule has 0 saturated heterocycles. The van der Waals surface area contributed by atoms with E-state index in [9.17, 15) is 19.7 Å². The van der Waals surface area contributed by atoms with E-state index in [1.807, 2.05) is 13.0 Å². The van der Waals surface area contributed by atoms with E-state index in [1.54, 1.807) is 10.8 Å². The van der Waals surface area contributed by atoms with Crippen molar-refractivity contribution in [2.75, 3.05) is 0 Å². The van der Waals surface area contributed by atoms with Gasteiger partial charge in [-0.2, -0.15) is 0 Å². The Morgan fingerprint density at radius 1 is 1.34 bits per heavy atom. The van der Waals surface area contributed by atoms with Crippen molar-refractivity contribution in [2.24, 2.45) is 5.41 Å². The quantitative estimate of drug-likeness (QED) is 0.572. The zero-order valence-electron chi connectivity index (χ0n) is 15.5. The highest BCUT2D eigenvalue weighted by Gasteiger charge is 2.57. The number of aliphatic hydroxyl groups excluding tert-OH is 3. The maximum Gasteiger partial charge on any atom is 0.143 e. The summed E-state index contributed by atoms with van der Waals surface area (Å²) in [4.78, 5) is 8.45. The lowest BCUT2D eigenvalue weighted by Crippen LogP contribution is -2.40. The topological polar surface area (TPSA) is 91.4 Å². The Hall–Kier alpha value is -2.50. The minimum atomic E-state index is -1.50. The summed E-state index contributed by atoms with van der Waals surface area (Å²) >= 11 is 5.84. The molecule has 0 amide bonds. The normalized spacial score (nSPS) is 27.8. The van der Waals surface area contributed by atoms with Crippen LogP contribution in [0.5, 0.6) is 0 Å². The van der Waals surface area contributed by atoms with Crippen molar-refractivity contribution in [3.8, 4) is 12.3 Å². The molecule has 0 spiro atoms. The number of benzene rings is 1. The van der Waals surface area contributed by atoms with Gasteiger partial charge in [0.1, 0.15) is 30.0 Å². The predicted octanol–water partition coefficient (Wildman–Crippen LogP) is 2.55. The fraction of sp³-hybridized carbons (Fsp3) is 0.333. The van der Waals surface area contributed by atoms with Gasteiger partial charge in [0.05, 0.1) is 28.3 Å². The van der Waals surface area contributed by atoms with Gasteiger partial charge in [0.2, 0.25) is 0 Å². The molecule has 0 radical (unpaired) electrons. The SMILES string of the molecule is C#C[C@]1(C(O)c2ccc(F)c(Cl)c2)C[C@@H](n2ccc3c(C)ncnc32)[C@H](O)[C@@H]1O. The summed E-state index contributed by atoms with van der Waals surface area (Å²) in [6.45, 7) is 1.85. The van der Waals surface area contributed by atoms with Crippen LogP contribution in [-0.2, 0) is 0 Å². The summed E-state index contributed by atoms with van der Waals surface area (Å²) in [5.74, 6) is 1.87. The van der Waals surface area contributed by atoms with Crippen molar-refractivity contribution in [2.45, 2.75) is 37.7 Å². The minimum absolute atomic E-state index is 0.0782. The first-order valence-electron chi connectivity index (χ1n) is 9.05. The van der Waals surface area contributed by atoms with Crippen molar-refractivity contribution in [1.29, 1.82) is 0 Å².